The summed E-state index contributed by atoms with van der Waals surface area (Å²) in [5, 5.41) is 94.8. The summed E-state index contributed by atoms with van der Waals surface area (Å²) in [5.74, 6) is -6.03. The molecule has 61 heavy (non-hydrogen) atoms. The van der Waals surface area contributed by atoms with Gasteiger partial charge >= 0.3 is 16.6 Å². The Labute approximate surface area is 355 Å². The van der Waals surface area contributed by atoms with Crippen molar-refractivity contribution in [2.45, 2.75) is 92.6 Å². The van der Waals surface area contributed by atoms with Gasteiger partial charge in [-0.05, 0) is 47.2 Å². The summed E-state index contributed by atoms with van der Waals surface area (Å²) < 4.78 is 50.1. The minimum absolute atomic E-state index is 0.0809. The molecule has 0 saturated carbocycles. The van der Waals surface area contributed by atoms with E-state index >= 15 is 0 Å². The molecule has 22 nitrogen and oxygen atoms in total. The first-order valence-electron chi connectivity index (χ1n) is 18.9. The van der Waals surface area contributed by atoms with Crippen LogP contribution in [0.5, 0.6) is 0 Å². The monoisotopic (exact) mass is 908 g/mol. The molecule has 0 amide bonds. The fourth-order valence-corrected chi connectivity index (χ4v) is 8.58. The zero-order chi connectivity index (χ0) is 44.4. The van der Waals surface area contributed by atoms with Crippen LogP contribution in [0.15, 0.2) is 47.0 Å². The predicted octanol–water partition coefficient (Wildman–Crippen LogP) is -2.69. The second kappa shape index (κ2) is 20.1. The maximum atomic E-state index is 14.1. The van der Waals surface area contributed by atoms with Crippen molar-refractivity contribution in [1.82, 2.24) is 0 Å². The lowest BCUT2D eigenvalue weighted by molar-refractivity contribution is -0.340. The van der Waals surface area contributed by atoms with E-state index in [1.54, 1.807) is 0 Å². The summed E-state index contributed by atoms with van der Waals surface area (Å²) >= 11 is 1.55. The van der Waals surface area contributed by atoms with Crippen LogP contribution in [0.2, 0.25) is 0 Å². The maximum Gasteiger partial charge on any atom is 0.367 e. The molecule has 340 valence electrons. The number of methoxy groups -OCH3 is 1. The first-order valence-corrected chi connectivity index (χ1v) is 21.3. The van der Waals surface area contributed by atoms with Crippen molar-refractivity contribution in [3.05, 3.63) is 47.0 Å². The fraction of sp³-hybridized carbons (Fsp3) is 0.676. The number of rotatable bonds is 13. The number of aliphatic hydroxyl groups is 9. The Morgan fingerprint density at radius 1 is 0.607 bits per heavy atom. The number of ether oxygens (including phenoxy) is 9. The molecule has 2 fully saturated rings. The third kappa shape index (κ3) is 9.68. The highest BCUT2D eigenvalue weighted by atomic mass is 32.2. The van der Waals surface area contributed by atoms with Crippen molar-refractivity contribution in [3.8, 4) is 0 Å². The average Bonchev–Trinajstić information content (AvgIpc) is 3.78. The molecule has 0 aromatic heterocycles. The summed E-state index contributed by atoms with van der Waals surface area (Å²) in [6.45, 7) is -1.51. The van der Waals surface area contributed by atoms with Gasteiger partial charge in [-0.1, -0.05) is 12.2 Å². The Morgan fingerprint density at radius 3 is 1.51 bits per heavy atom. The first kappa shape index (κ1) is 47.3. The molecule has 6 rings (SSSR count). The van der Waals surface area contributed by atoms with Gasteiger partial charge in [-0.3, -0.25) is 4.79 Å². The molecule has 24 heteroatoms. The van der Waals surface area contributed by atoms with E-state index in [2.05, 4.69) is 0 Å². The van der Waals surface area contributed by atoms with Gasteiger partial charge in [0.2, 0.25) is 12.6 Å². The number of hydrogen-bond acceptors (Lipinski definition) is 24. The van der Waals surface area contributed by atoms with Gasteiger partial charge in [0.15, 0.2) is 18.4 Å². The molecule has 0 bridgehead atoms. The SMILES string of the molecule is COC(=O)C1=CO[C@@H](O[C@@H]2O[C@@H](CC(=O)C3=CO[C@@H](O[C@@H]4O[C@@H](CO)[C@@H](O)[C@H](O)[C@@H]4O)[C@@H]4C(COC(=O)SC)=C[C@H](O)[C@H]34)[C@@H](O)[C@H](O)[C@H]2O)[C@@H]2C(COC(=O)SC)=C[C@H](O)[C@H]12. The van der Waals surface area contributed by atoms with Crippen LogP contribution in [-0.2, 0) is 52.2 Å². The minimum atomic E-state index is -1.97. The van der Waals surface area contributed by atoms with Crippen molar-refractivity contribution in [2.75, 3.05) is 39.4 Å². The summed E-state index contributed by atoms with van der Waals surface area (Å²) in [7, 11) is 1.12. The number of esters is 1. The number of hydrogen-bond donors (Lipinski definition) is 9. The van der Waals surface area contributed by atoms with Crippen molar-refractivity contribution >= 4 is 45.9 Å². The van der Waals surface area contributed by atoms with Gasteiger partial charge in [0.1, 0.15) is 55.9 Å². The van der Waals surface area contributed by atoms with Crippen LogP contribution in [0.25, 0.3) is 0 Å². The van der Waals surface area contributed by atoms with Gasteiger partial charge in [0, 0.05) is 23.8 Å². The van der Waals surface area contributed by atoms with E-state index in [0.717, 1.165) is 43.2 Å². The van der Waals surface area contributed by atoms with Crippen LogP contribution in [0.3, 0.4) is 0 Å². The van der Waals surface area contributed by atoms with E-state index in [4.69, 9.17) is 42.6 Å². The summed E-state index contributed by atoms with van der Waals surface area (Å²) in [6.07, 6.45) is -16.5. The van der Waals surface area contributed by atoms with Crippen LogP contribution in [0, 0.1) is 23.7 Å². The van der Waals surface area contributed by atoms with Gasteiger partial charge in [0.05, 0.1) is 62.0 Å². The first-order chi connectivity index (χ1) is 29.0. The van der Waals surface area contributed by atoms with Crippen molar-refractivity contribution < 1.29 is 108 Å². The number of ketones is 1. The minimum Gasteiger partial charge on any atom is -0.471 e. The lowest BCUT2D eigenvalue weighted by Gasteiger charge is -2.44. The average molecular weight is 909 g/mol. The van der Waals surface area contributed by atoms with Crippen molar-refractivity contribution in [1.29, 1.82) is 0 Å². The fourth-order valence-electron chi connectivity index (χ4n) is 8.23. The van der Waals surface area contributed by atoms with E-state index in [1.165, 1.54) is 24.7 Å². The molecular weight excluding hydrogens is 861 g/mol. The quantitative estimate of drug-likeness (QED) is 0.0516. The Balaban J connectivity index is 1.22. The molecule has 0 radical (unpaired) electrons. The van der Waals surface area contributed by atoms with Crippen LogP contribution >= 0.6 is 23.5 Å². The zero-order valence-electron chi connectivity index (χ0n) is 32.7. The smallest absolute Gasteiger partial charge is 0.367 e. The number of Topliss-reactive ketones (excluding diaryl/α,β-unsaturated/α-hetero) is 1. The molecule has 2 saturated heterocycles. The van der Waals surface area contributed by atoms with E-state index in [1.807, 2.05) is 0 Å². The molecule has 0 spiro atoms. The molecule has 0 unspecified atom stereocenters. The number of carbonyl (C=O) groups is 4. The normalized spacial score (nSPS) is 40.5. The Bertz CT molecular complexity index is 1770. The third-order valence-electron chi connectivity index (χ3n) is 11.3. The summed E-state index contributed by atoms with van der Waals surface area (Å²) in [5.41, 5.74) is 0.229. The highest BCUT2D eigenvalue weighted by Crippen LogP contribution is 2.47. The summed E-state index contributed by atoms with van der Waals surface area (Å²) in [6, 6.07) is 0. The van der Waals surface area contributed by atoms with E-state index < -0.39 is 152 Å². The second-order valence-corrected chi connectivity index (χ2v) is 16.3. The number of carbonyl (C=O) groups excluding carboxylic acids is 4. The van der Waals surface area contributed by atoms with E-state index in [0.29, 0.717) is 0 Å². The summed E-state index contributed by atoms with van der Waals surface area (Å²) in [4.78, 5) is 50.8. The second-order valence-electron chi connectivity index (χ2n) is 14.8. The van der Waals surface area contributed by atoms with Gasteiger partial charge in [0.25, 0.3) is 0 Å². The van der Waals surface area contributed by atoms with Gasteiger partial charge in [-0.2, -0.15) is 0 Å². The van der Waals surface area contributed by atoms with Crippen LogP contribution in [0.1, 0.15) is 6.42 Å². The zero-order valence-corrected chi connectivity index (χ0v) is 34.3. The Kier molecular flexibility index (Phi) is 15.6. The largest absolute Gasteiger partial charge is 0.471 e. The molecular formula is C37H48O22S2. The third-order valence-corrected chi connectivity index (χ3v) is 12.2. The molecule has 18 atom stereocenters. The number of fused-ring (bicyclic) bond motifs is 2. The van der Waals surface area contributed by atoms with Crippen molar-refractivity contribution in [3.63, 3.8) is 0 Å². The highest BCUT2D eigenvalue weighted by molar-refractivity contribution is 8.12. The van der Waals surface area contributed by atoms with Gasteiger partial charge < -0.3 is 88.6 Å². The van der Waals surface area contributed by atoms with E-state index in [-0.39, 0.29) is 28.9 Å². The lowest BCUT2D eigenvalue weighted by atomic mass is 9.79. The number of aliphatic hydroxyl groups excluding tert-OH is 9. The van der Waals surface area contributed by atoms with Crippen LogP contribution < -0.4 is 0 Å². The van der Waals surface area contributed by atoms with Gasteiger partial charge in [-0.25, -0.2) is 14.4 Å². The molecule has 0 aromatic rings. The topological polar surface area (TPSA) is 333 Å². The maximum absolute atomic E-state index is 14.1. The molecule has 4 aliphatic heterocycles. The highest BCUT2D eigenvalue weighted by Gasteiger charge is 2.55. The molecule has 0 aromatic carbocycles. The number of thioether (sulfide) groups is 2. The molecule has 2 aliphatic carbocycles. The predicted molar refractivity (Wildman–Crippen MR) is 202 cm³/mol. The molecule has 9 N–H and O–H groups in total. The Hall–Kier alpha value is -3.18. The molecule has 4 heterocycles. The van der Waals surface area contributed by atoms with Crippen molar-refractivity contribution in [2.24, 2.45) is 23.7 Å². The van der Waals surface area contributed by atoms with Crippen LogP contribution in [0.4, 0.5) is 9.59 Å². The van der Waals surface area contributed by atoms with Crippen LogP contribution in [-0.4, -0.2) is 194 Å². The molecule has 6 aliphatic rings. The lowest BCUT2D eigenvalue weighted by Crippen LogP contribution is -2.60. The standard InChI is InChI=1S/C37H48O22S2/c1-51-31(48)15-11-53-33(22-13(5-18(41)24(15)22)9-55-37(50)61-3)58-34-29(46)27(44)25(42)19(56-34)6-16(39)14-10-52-32(59-35-30(47)28(45)26(43)20(7-38)57-35)21-12(4-17(40)23(14)21)8-54-36(49)60-2/h4-5,10-11,17-30,32-35,38,40-47H,6-9H2,1-3H3/t17-,18-,19-,20-,21+,22+,23-,24-,25+,26+,27-,28-,29+,30-,32-,33-,34-,35-/m0/s1. The van der Waals surface area contributed by atoms with E-state index in [9.17, 15) is 65.1 Å². The Morgan fingerprint density at radius 2 is 1.05 bits per heavy atom. The van der Waals surface area contributed by atoms with Gasteiger partial charge in [-0.15, -0.1) is 0 Å².